The van der Waals surface area contributed by atoms with Crippen LogP contribution in [0.1, 0.15) is 11.6 Å². The van der Waals surface area contributed by atoms with Gasteiger partial charge in [-0.05, 0) is 17.7 Å². The normalized spacial score (nSPS) is 11.6. The maximum absolute atomic E-state index is 12.5. The van der Waals surface area contributed by atoms with Gasteiger partial charge in [0.25, 0.3) is 0 Å². The molecular formula is C17H20N2O2. The molecule has 0 aromatic heterocycles. The van der Waals surface area contributed by atoms with Crippen molar-refractivity contribution in [1.29, 1.82) is 0 Å². The number of rotatable bonds is 5. The van der Waals surface area contributed by atoms with Crippen molar-refractivity contribution in [2.45, 2.75) is 6.04 Å². The molecule has 2 aromatic rings. The summed E-state index contributed by atoms with van der Waals surface area (Å²) in [6.07, 6.45) is 0. The van der Waals surface area contributed by atoms with Crippen molar-refractivity contribution in [2.24, 2.45) is 0 Å². The van der Waals surface area contributed by atoms with E-state index in [1.165, 1.54) is 0 Å². The number of anilines is 1. The number of benzene rings is 2. The molecule has 110 valence electrons. The molecule has 0 unspecified atom stereocenters. The molecular weight excluding hydrogens is 264 g/mol. The molecule has 2 rings (SSSR count). The van der Waals surface area contributed by atoms with Gasteiger partial charge >= 0.3 is 0 Å². The number of methoxy groups -OCH3 is 1. The third kappa shape index (κ3) is 3.54. The van der Waals surface area contributed by atoms with E-state index in [2.05, 4.69) is 5.32 Å². The minimum Gasteiger partial charge on any atom is -0.495 e. The second kappa shape index (κ2) is 6.79. The van der Waals surface area contributed by atoms with E-state index in [9.17, 15) is 4.79 Å². The summed E-state index contributed by atoms with van der Waals surface area (Å²) in [6, 6.07) is 16.8. The molecule has 0 aliphatic carbocycles. The summed E-state index contributed by atoms with van der Waals surface area (Å²) in [6.45, 7) is 0. The van der Waals surface area contributed by atoms with Gasteiger partial charge in [0.15, 0.2) is 0 Å². The van der Waals surface area contributed by atoms with Gasteiger partial charge in [-0.3, -0.25) is 4.79 Å². The van der Waals surface area contributed by atoms with Gasteiger partial charge in [-0.1, -0.05) is 42.5 Å². The number of carbonyl (C=O) groups is 1. The number of carbonyl (C=O) groups excluding carboxylic acids is 1. The number of para-hydroxylation sites is 2. The topological polar surface area (TPSA) is 41.6 Å². The third-order valence-electron chi connectivity index (χ3n) is 3.23. The molecule has 0 spiro atoms. The van der Waals surface area contributed by atoms with E-state index in [-0.39, 0.29) is 5.91 Å². The Morgan fingerprint density at radius 1 is 1.05 bits per heavy atom. The lowest BCUT2D eigenvalue weighted by Gasteiger charge is -2.24. The molecule has 1 N–H and O–H groups in total. The van der Waals surface area contributed by atoms with Crippen LogP contribution in [0.15, 0.2) is 54.6 Å². The van der Waals surface area contributed by atoms with Gasteiger partial charge in [0.1, 0.15) is 11.8 Å². The minimum atomic E-state index is -0.447. The van der Waals surface area contributed by atoms with Gasteiger partial charge in [-0.15, -0.1) is 0 Å². The Bertz CT molecular complexity index is 597. The van der Waals surface area contributed by atoms with Crippen LogP contribution in [-0.2, 0) is 4.79 Å². The highest BCUT2D eigenvalue weighted by atomic mass is 16.5. The van der Waals surface area contributed by atoms with Gasteiger partial charge in [0.2, 0.25) is 5.91 Å². The zero-order chi connectivity index (χ0) is 15.2. The van der Waals surface area contributed by atoms with Crippen LogP contribution in [0.25, 0.3) is 0 Å². The van der Waals surface area contributed by atoms with Gasteiger partial charge in [0, 0.05) is 14.1 Å². The van der Waals surface area contributed by atoms with Crippen molar-refractivity contribution in [2.75, 3.05) is 26.5 Å². The average Bonchev–Trinajstić information content (AvgIpc) is 2.53. The summed E-state index contributed by atoms with van der Waals surface area (Å²) in [5.74, 6) is 0.706. The van der Waals surface area contributed by atoms with Crippen LogP contribution in [0.5, 0.6) is 5.75 Å². The summed E-state index contributed by atoms with van der Waals surface area (Å²) in [5.41, 5.74) is 1.71. The highest BCUT2D eigenvalue weighted by Gasteiger charge is 2.22. The number of hydrogen-bond donors (Lipinski definition) is 1. The van der Waals surface area contributed by atoms with Crippen LogP contribution in [0.3, 0.4) is 0 Å². The molecule has 0 aliphatic heterocycles. The summed E-state index contributed by atoms with van der Waals surface area (Å²) in [5, 5.41) is 3.28. The maximum atomic E-state index is 12.5. The quantitative estimate of drug-likeness (QED) is 0.918. The van der Waals surface area contributed by atoms with Crippen LogP contribution >= 0.6 is 0 Å². The Kier molecular flexibility index (Phi) is 4.82. The molecule has 2 aromatic carbocycles. The second-order valence-electron chi connectivity index (χ2n) is 4.92. The molecule has 0 radical (unpaired) electrons. The molecule has 0 heterocycles. The zero-order valence-electron chi connectivity index (χ0n) is 12.5. The Morgan fingerprint density at radius 3 is 2.29 bits per heavy atom. The van der Waals surface area contributed by atoms with E-state index in [1.54, 1.807) is 26.1 Å². The van der Waals surface area contributed by atoms with E-state index in [0.717, 1.165) is 11.3 Å². The summed E-state index contributed by atoms with van der Waals surface area (Å²) < 4.78 is 5.33. The Balaban J connectivity index is 2.35. The number of amides is 1. The van der Waals surface area contributed by atoms with E-state index in [4.69, 9.17) is 4.74 Å². The van der Waals surface area contributed by atoms with E-state index in [0.29, 0.717) is 5.75 Å². The Hall–Kier alpha value is -2.49. The maximum Gasteiger partial charge on any atom is 0.249 e. The molecule has 1 atom stereocenters. The number of likely N-dealkylation sites (N-methyl/N-ethyl adjacent to an activating group) is 1. The lowest BCUT2D eigenvalue weighted by Crippen LogP contribution is -2.32. The predicted octanol–water partition coefficient (Wildman–Crippen LogP) is 2.94. The predicted molar refractivity (Wildman–Crippen MR) is 84.5 cm³/mol. The van der Waals surface area contributed by atoms with Crippen LogP contribution < -0.4 is 10.1 Å². The Morgan fingerprint density at radius 2 is 1.67 bits per heavy atom. The van der Waals surface area contributed by atoms with Gasteiger partial charge in [0.05, 0.1) is 12.8 Å². The van der Waals surface area contributed by atoms with E-state index in [1.807, 2.05) is 54.6 Å². The largest absolute Gasteiger partial charge is 0.495 e. The van der Waals surface area contributed by atoms with Crippen molar-refractivity contribution >= 4 is 11.6 Å². The lowest BCUT2D eigenvalue weighted by molar-refractivity contribution is -0.129. The molecule has 21 heavy (non-hydrogen) atoms. The van der Waals surface area contributed by atoms with E-state index >= 15 is 0 Å². The first-order chi connectivity index (χ1) is 10.1. The first-order valence-corrected chi connectivity index (χ1v) is 6.79. The smallest absolute Gasteiger partial charge is 0.249 e. The average molecular weight is 284 g/mol. The molecule has 4 nitrogen and oxygen atoms in total. The third-order valence-corrected chi connectivity index (χ3v) is 3.23. The lowest BCUT2D eigenvalue weighted by atomic mass is 10.1. The minimum absolute atomic E-state index is 0.00731. The second-order valence-corrected chi connectivity index (χ2v) is 4.92. The van der Waals surface area contributed by atoms with Crippen molar-refractivity contribution in [3.63, 3.8) is 0 Å². The monoisotopic (exact) mass is 284 g/mol. The molecule has 0 fully saturated rings. The number of nitrogens with one attached hydrogen (secondary N) is 1. The summed E-state index contributed by atoms with van der Waals surface area (Å²) in [7, 11) is 5.12. The number of ether oxygens (including phenoxy) is 1. The SMILES string of the molecule is COc1ccccc1N[C@@H](C(=O)N(C)C)c1ccccc1. The van der Waals surface area contributed by atoms with E-state index < -0.39 is 6.04 Å². The van der Waals surface area contributed by atoms with Crippen LogP contribution in [0.2, 0.25) is 0 Å². The first-order valence-electron chi connectivity index (χ1n) is 6.79. The molecule has 0 bridgehead atoms. The van der Waals surface area contributed by atoms with Gasteiger partial charge in [-0.2, -0.15) is 0 Å². The molecule has 0 saturated carbocycles. The van der Waals surface area contributed by atoms with Crippen molar-refractivity contribution in [3.8, 4) is 5.75 Å². The van der Waals surface area contributed by atoms with Crippen molar-refractivity contribution < 1.29 is 9.53 Å². The first kappa shape index (κ1) is 14.9. The number of hydrogen-bond acceptors (Lipinski definition) is 3. The van der Waals surface area contributed by atoms with Crippen LogP contribution in [0.4, 0.5) is 5.69 Å². The fraction of sp³-hybridized carbons (Fsp3) is 0.235. The van der Waals surface area contributed by atoms with Crippen molar-refractivity contribution in [1.82, 2.24) is 4.90 Å². The highest BCUT2D eigenvalue weighted by molar-refractivity contribution is 5.86. The standard InChI is InChI=1S/C17H20N2O2/c1-19(2)17(20)16(13-9-5-4-6-10-13)18-14-11-7-8-12-15(14)21-3/h4-12,16,18H,1-3H3/t16-/m1/s1. The Labute approximate surface area is 125 Å². The van der Waals surface area contributed by atoms with Crippen LogP contribution in [-0.4, -0.2) is 32.0 Å². The fourth-order valence-corrected chi connectivity index (χ4v) is 2.11. The highest BCUT2D eigenvalue weighted by Crippen LogP contribution is 2.28. The number of nitrogens with zero attached hydrogens (tertiary/aromatic N) is 1. The van der Waals surface area contributed by atoms with Gasteiger partial charge < -0.3 is 15.0 Å². The summed E-state index contributed by atoms with van der Waals surface area (Å²) >= 11 is 0. The molecule has 0 aliphatic rings. The van der Waals surface area contributed by atoms with Crippen LogP contribution in [0, 0.1) is 0 Å². The molecule has 0 saturated heterocycles. The fourth-order valence-electron chi connectivity index (χ4n) is 2.11. The molecule has 4 heteroatoms. The molecule has 1 amide bonds. The summed E-state index contributed by atoms with van der Waals surface area (Å²) in [4.78, 5) is 14.1. The zero-order valence-corrected chi connectivity index (χ0v) is 12.5. The van der Waals surface area contributed by atoms with Crippen molar-refractivity contribution in [3.05, 3.63) is 60.2 Å². The van der Waals surface area contributed by atoms with Gasteiger partial charge in [-0.25, -0.2) is 0 Å².